The van der Waals surface area contributed by atoms with Crippen molar-refractivity contribution in [2.24, 2.45) is 0 Å². The summed E-state index contributed by atoms with van der Waals surface area (Å²) in [6, 6.07) is 12.1. The van der Waals surface area contributed by atoms with Crippen molar-refractivity contribution in [2.75, 3.05) is 45.8 Å². The Kier molecular flexibility index (Phi) is 7.05. The van der Waals surface area contributed by atoms with Crippen molar-refractivity contribution in [3.63, 3.8) is 0 Å². The highest BCUT2D eigenvalue weighted by atomic mass is 16.3. The molecule has 3 aromatic rings. The summed E-state index contributed by atoms with van der Waals surface area (Å²) in [6.07, 6.45) is 8.91. The van der Waals surface area contributed by atoms with Gasteiger partial charge in [-0.1, -0.05) is 12.1 Å². The number of H-pyrrole nitrogens is 1. The smallest absolute Gasteiger partial charge is 0.160 e. The number of benzene rings is 1. The van der Waals surface area contributed by atoms with E-state index in [9.17, 15) is 5.11 Å². The first-order chi connectivity index (χ1) is 19.2. The number of aromatic nitrogens is 3. The molecule has 1 aliphatic carbocycles. The van der Waals surface area contributed by atoms with Gasteiger partial charge in [-0.15, -0.1) is 10.2 Å². The van der Waals surface area contributed by atoms with Crippen molar-refractivity contribution in [3.8, 4) is 17.0 Å². The number of fused-ring (bicyclic) bond motifs is 3. The van der Waals surface area contributed by atoms with E-state index in [0.717, 1.165) is 47.3 Å². The molecule has 1 aromatic carbocycles. The van der Waals surface area contributed by atoms with Crippen LogP contribution in [0.1, 0.15) is 62.7 Å². The Bertz CT molecular complexity index is 1290. The van der Waals surface area contributed by atoms with Crippen LogP contribution in [0.15, 0.2) is 30.3 Å². The quantitative estimate of drug-likeness (QED) is 0.472. The van der Waals surface area contributed by atoms with Crippen LogP contribution in [0.2, 0.25) is 0 Å². The molecular weight excluding hydrogens is 486 g/mol. The van der Waals surface area contributed by atoms with Gasteiger partial charge >= 0.3 is 0 Å². The van der Waals surface area contributed by atoms with Gasteiger partial charge in [-0.2, -0.15) is 0 Å². The zero-order valence-electron chi connectivity index (χ0n) is 23.3. The number of piperidine rings is 1. The lowest BCUT2D eigenvalue weighted by Crippen LogP contribution is -2.56. The molecular formula is C31H43N7O. The molecule has 8 heteroatoms. The van der Waals surface area contributed by atoms with Gasteiger partial charge in [0.05, 0.1) is 5.69 Å². The second kappa shape index (κ2) is 10.8. The summed E-state index contributed by atoms with van der Waals surface area (Å²) in [7, 11) is 0. The van der Waals surface area contributed by atoms with Crippen LogP contribution in [0, 0.1) is 0 Å². The van der Waals surface area contributed by atoms with Gasteiger partial charge in [0.1, 0.15) is 5.75 Å². The average molecular weight is 530 g/mol. The maximum Gasteiger partial charge on any atom is 0.160 e. The van der Waals surface area contributed by atoms with Crippen LogP contribution in [0.5, 0.6) is 5.75 Å². The molecule has 8 nitrogen and oxygen atoms in total. The number of aromatic hydroxyl groups is 1. The van der Waals surface area contributed by atoms with Crippen LogP contribution in [0.3, 0.4) is 0 Å². The Balaban J connectivity index is 1.01. The van der Waals surface area contributed by atoms with Gasteiger partial charge in [0, 0.05) is 80.0 Å². The highest BCUT2D eigenvalue weighted by Gasteiger charge is 2.36. The normalized spacial score (nSPS) is 28.1. The van der Waals surface area contributed by atoms with Gasteiger partial charge in [-0.3, -0.25) is 14.7 Å². The van der Waals surface area contributed by atoms with Crippen molar-refractivity contribution in [3.05, 3.63) is 41.6 Å². The van der Waals surface area contributed by atoms with E-state index in [1.54, 1.807) is 6.07 Å². The number of phenolic OH excluding ortho intramolecular Hbond substituents is 1. The molecule has 208 valence electrons. The van der Waals surface area contributed by atoms with Gasteiger partial charge in [-0.05, 0) is 82.3 Å². The number of phenols is 1. The van der Waals surface area contributed by atoms with Crippen LogP contribution >= 0.6 is 0 Å². The first kappa shape index (κ1) is 25.4. The third kappa shape index (κ3) is 4.86. The minimum absolute atomic E-state index is 0.245. The van der Waals surface area contributed by atoms with Crippen LogP contribution in [-0.4, -0.2) is 98.9 Å². The molecule has 3 aliphatic heterocycles. The van der Waals surface area contributed by atoms with Crippen molar-refractivity contribution in [2.45, 2.75) is 76.0 Å². The van der Waals surface area contributed by atoms with E-state index in [1.165, 1.54) is 89.1 Å². The Morgan fingerprint density at radius 1 is 0.821 bits per heavy atom. The molecule has 3 N–H and O–H groups in total. The molecule has 1 saturated carbocycles. The molecule has 0 spiro atoms. The largest absolute Gasteiger partial charge is 0.507 e. The zero-order chi connectivity index (χ0) is 26.3. The second-order valence-electron chi connectivity index (χ2n) is 12.2. The predicted octanol–water partition coefficient (Wildman–Crippen LogP) is 3.93. The standard InChI is InChI=1S/C31H43N7O/c1-21-30-26-20-28(25-4-2-3-5-29(25)39)34-35-31(26)33-27(30)12-15-38(21)24-8-6-22(7-9-24)36-16-18-37(19-17-36)23-10-13-32-14-11-23/h2-5,20-24,32,39H,6-19H2,1H3,(H,33,35)/t21-,22-,24-/m1/s1. The van der Waals surface area contributed by atoms with E-state index in [2.05, 4.69) is 48.2 Å². The first-order valence-electron chi connectivity index (χ1n) is 15.3. The Morgan fingerprint density at radius 2 is 1.49 bits per heavy atom. The number of rotatable bonds is 4. The summed E-state index contributed by atoms with van der Waals surface area (Å²) in [5.41, 5.74) is 5.00. The topological polar surface area (TPSA) is 83.5 Å². The number of nitrogens with one attached hydrogen (secondary N) is 2. The molecule has 39 heavy (non-hydrogen) atoms. The molecule has 2 aromatic heterocycles. The van der Waals surface area contributed by atoms with Crippen LogP contribution in [-0.2, 0) is 6.42 Å². The van der Waals surface area contributed by atoms with E-state index in [-0.39, 0.29) is 5.75 Å². The fraction of sp³-hybridized carbons (Fsp3) is 0.613. The molecule has 3 fully saturated rings. The van der Waals surface area contributed by atoms with Crippen LogP contribution in [0.4, 0.5) is 0 Å². The Hall–Kier alpha value is -2.52. The molecule has 0 amide bonds. The van der Waals surface area contributed by atoms with Gasteiger partial charge in [-0.25, -0.2) is 0 Å². The third-order valence-corrected chi connectivity index (χ3v) is 10.2. The Labute approximate surface area is 231 Å². The maximum atomic E-state index is 10.4. The van der Waals surface area contributed by atoms with Crippen LogP contribution < -0.4 is 5.32 Å². The fourth-order valence-electron chi connectivity index (χ4n) is 8.05. The van der Waals surface area contributed by atoms with E-state index < -0.39 is 0 Å². The van der Waals surface area contributed by atoms with Crippen molar-refractivity contribution < 1.29 is 5.11 Å². The SMILES string of the molecule is C[C@@H]1c2c([nH]c3nnc(-c4ccccc4O)cc23)CCN1[C@H]1CC[C@H](N2CCN(C3CCNCC3)CC2)CC1. The van der Waals surface area contributed by atoms with Crippen LogP contribution in [0.25, 0.3) is 22.3 Å². The fourth-order valence-corrected chi connectivity index (χ4v) is 8.05. The van der Waals surface area contributed by atoms with Crippen molar-refractivity contribution >= 4 is 11.0 Å². The van der Waals surface area contributed by atoms with Crippen molar-refractivity contribution in [1.29, 1.82) is 0 Å². The number of para-hydroxylation sites is 1. The van der Waals surface area contributed by atoms with E-state index in [0.29, 0.717) is 12.1 Å². The highest BCUT2D eigenvalue weighted by Crippen LogP contribution is 2.40. The van der Waals surface area contributed by atoms with Gasteiger partial charge in [0.2, 0.25) is 0 Å². The molecule has 4 aliphatic rings. The third-order valence-electron chi connectivity index (χ3n) is 10.2. The molecule has 5 heterocycles. The number of hydrogen-bond acceptors (Lipinski definition) is 7. The zero-order valence-corrected chi connectivity index (χ0v) is 23.3. The lowest BCUT2D eigenvalue weighted by Gasteiger charge is -2.47. The highest BCUT2D eigenvalue weighted by molar-refractivity contribution is 5.86. The van der Waals surface area contributed by atoms with E-state index in [1.807, 2.05) is 18.2 Å². The predicted molar refractivity (Wildman–Crippen MR) is 155 cm³/mol. The van der Waals surface area contributed by atoms with Crippen molar-refractivity contribution in [1.82, 2.24) is 35.2 Å². The summed E-state index contributed by atoms with van der Waals surface area (Å²) >= 11 is 0. The molecule has 2 saturated heterocycles. The number of aromatic amines is 1. The lowest BCUT2D eigenvalue weighted by molar-refractivity contribution is 0.0280. The Morgan fingerprint density at radius 3 is 2.21 bits per heavy atom. The van der Waals surface area contributed by atoms with Gasteiger partial charge in [0.15, 0.2) is 5.65 Å². The minimum Gasteiger partial charge on any atom is -0.507 e. The summed E-state index contributed by atoms with van der Waals surface area (Å²) in [5, 5.41) is 24.0. The summed E-state index contributed by atoms with van der Waals surface area (Å²) in [6.45, 7) is 10.9. The molecule has 7 rings (SSSR count). The second-order valence-corrected chi connectivity index (χ2v) is 12.2. The molecule has 0 radical (unpaired) electrons. The summed E-state index contributed by atoms with van der Waals surface area (Å²) in [5.74, 6) is 0.245. The number of hydrogen-bond donors (Lipinski definition) is 3. The molecule has 1 atom stereocenters. The van der Waals surface area contributed by atoms with E-state index in [4.69, 9.17) is 0 Å². The summed E-state index contributed by atoms with van der Waals surface area (Å²) in [4.78, 5) is 11.9. The average Bonchev–Trinajstić information content (AvgIpc) is 3.37. The minimum atomic E-state index is 0.245. The lowest BCUT2D eigenvalue weighted by atomic mass is 9.86. The maximum absolute atomic E-state index is 10.4. The summed E-state index contributed by atoms with van der Waals surface area (Å²) < 4.78 is 0. The molecule has 0 bridgehead atoms. The number of nitrogens with zero attached hydrogens (tertiary/aromatic N) is 5. The number of piperazine rings is 1. The molecule has 0 unspecified atom stereocenters. The van der Waals surface area contributed by atoms with Gasteiger partial charge in [0.25, 0.3) is 0 Å². The monoisotopic (exact) mass is 529 g/mol. The van der Waals surface area contributed by atoms with E-state index >= 15 is 0 Å². The van der Waals surface area contributed by atoms with Gasteiger partial charge < -0.3 is 15.4 Å². The first-order valence-corrected chi connectivity index (χ1v) is 15.3.